The van der Waals surface area contributed by atoms with E-state index in [9.17, 15) is 9.59 Å². The van der Waals surface area contributed by atoms with Crippen LogP contribution in [0.4, 0.5) is 5.69 Å². The van der Waals surface area contributed by atoms with Gasteiger partial charge in [-0.05, 0) is 73.8 Å². The Bertz CT molecular complexity index is 904. The topological polar surface area (TPSA) is 46.6 Å². The molecule has 1 aliphatic heterocycles. The highest BCUT2D eigenvalue weighted by molar-refractivity contribution is 7.13. The standard InChI is InChI=1S/C26H33NO3S/c1-3-4-5-6-7-18-8-10-20(11-9-18)27-23(13-15-25(27)28)22-17-19(22)16-21-12-14-24(31-21)26(29)30-2/h8-12,14,19,22-23H,3-7,13,15-17H2,1-2H3/t19?,22-,23?/m1/s1. The quantitative estimate of drug-likeness (QED) is 0.335. The second kappa shape index (κ2) is 9.99. The normalized spacial score (nSPS) is 22.7. The summed E-state index contributed by atoms with van der Waals surface area (Å²) in [5.41, 5.74) is 2.42. The molecule has 1 saturated carbocycles. The first-order chi connectivity index (χ1) is 15.1. The number of nitrogens with zero attached hydrogens (tertiary/aromatic N) is 1. The molecule has 3 atom stereocenters. The molecule has 2 aliphatic rings. The van der Waals surface area contributed by atoms with Gasteiger partial charge in [0.1, 0.15) is 4.88 Å². The van der Waals surface area contributed by atoms with Crippen molar-refractivity contribution >= 4 is 28.9 Å². The van der Waals surface area contributed by atoms with Gasteiger partial charge >= 0.3 is 5.97 Å². The van der Waals surface area contributed by atoms with Crippen LogP contribution in [0, 0.1) is 11.8 Å². The zero-order chi connectivity index (χ0) is 21.8. The summed E-state index contributed by atoms with van der Waals surface area (Å²) in [6, 6.07) is 12.9. The summed E-state index contributed by atoms with van der Waals surface area (Å²) < 4.78 is 4.82. The van der Waals surface area contributed by atoms with Crippen molar-refractivity contribution in [2.45, 2.75) is 70.8 Å². The fraction of sp³-hybridized carbons (Fsp3) is 0.538. The maximum Gasteiger partial charge on any atom is 0.348 e. The third-order valence-electron chi connectivity index (χ3n) is 6.77. The molecule has 4 nitrogen and oxygen atoms in total. The van der Waals surface area contributed by atoms with Crippen molar-refractivity contribution in [3.05, 3.63) is 51.7 Å². The molecular formula is C26H33NO3S. The molecule has 2 unspecified atom stereocenters. The SMILES string of the molecule is CCCCCCc1ccc(N2C(=O)CCC2[C@@H]2CC2Cc2ccc(C(=O)OC)s2)cc1. The lowest BCUT2D eigenvalue weighted by atomic mass is 10.0. The summed E-state index contributed by atoms with van der Waals surface area (Å²) in [5.74, 6) is 1.16. The molecule has 1 aliphatic carbocycles. The van der Waals surface area contributed by atoms with Gasteiger partial charge in [0.2, 0.25) is 5.91 Å². The third kappa shape index (κ3) is 5.20. The molecule has 1 aromatic heterocycles. The molecule has 4 rings (SSSR count). The van der Waals surface area contributed by atoms with E-state index in [-0.39, 0.29) is 11.9 Å². The number of carbonyl (C=O) groups is 2. The van der Waals surface area contributed by atoms with Gasteiger partial charge in [0.25, 0.3) is 0 Å². The number of hydrogen-bond donors (Lipinski definition) is 0. The second-order valence-corrected chi connectivity index (χ2v) is 10.1. The van der Waals surface area contributed by atoms with Crippen LogP contribution < -0.4 is 4.90 Å². The van der Waals surface area contributed by atoms with Crippen LogP contribution >= 0.6 is 11.3 Å². The van der Waals surface area contributed by atoms with E-state index in [4.69, 9.17) is 4.74 Å². The first-order valence-corrected chi connectivity index (χ1v) is 12.5. The van der Waals surface area contributed by atoms with Crippen LogP contribution in [0.5, 0.6) is 0 Å². The molecule has 0 spiro atoms. The van der Waals surface area contributed by atoms with Crippen LogP contribution in [-0.2, 0) is 22.4 Å². The Hall–Kier alpha value is -2.14. The molecule has 0 N–H and O–H groups in total. The number of carbonyl (C=O) groups excluding carboxylic acids is 2. The van der Waals surface area contributed by atoms with Crippen molar-refractivity contribution in [1.29, 1.82) is 0 Å². The van der Waals surface area contributed by atoms with Gasteiger partial charge in [-0.2, -0.15) is 0 Å². The number of hydrogen-bond acceptors (Lipinski definition) is 4. The Morgan fingerprint density at radius 2 is 1.94 bits per heavy atom. The van der Waals surface area contributed by atoms with E-state index in [2.05, 4.69) is 36.1 Å². The van der Waals surface area contributed by atoms with Crippen molar-refractivity contribution in [2.24, 2.45) is 11.8 Å². The van der Waals surface area contributed by atoms with Crippen LogP contribution in [-0.4, -0.2) is 25.0 Å². The molecule has 31 heavy (non-hydrogen) atoms. The lowest BCUT2D eigenvalue weighted by Gasteiger charge is -2.25. The number of methoxy groups -OCH3 is 1. The molecule has 1 aromatic carbocycles. The monoisotopic (exact) mass is 439 g/mol. The Labute approximate surface area is 189 Å². The van der Waals surface area contributed by atoms with Crippen LogP contribution in [0.2, 0.25) is 0 Å². The first-order valence-electron chi connectivity index (χ1n) is 11.7. The van der Waals surface area contributed by atoms with Gasteiger partial charge in [0, 0.05) is 23.0 Å². The van der Waals surface area contributed by atoms with E-state index in [0.717, 1.165) is 31.4 Å². The molecule has 2 heterocycles. The molecule has 166 valence electrons. The highest BCUT2D eigenvalue weighted by Crippen LogP contribution is 2.49. The lowest BCUT2D eigenvalue weighted by Crippen LogP contribution is -2.34. The Morgan fingerprint density at radius 1 is 1.13 bits per heavy atom. The van der Waals surface area contributed by atoms with Crippen molar-refractivity contribution in [3.8, 4) is 0 Å². The number of esters is 1. The lowest BCUT2D eigenvalue weighted by molar-refractivity contribution is -0.117. The van der Waals surface area contributed by atoms with Crippen molar-refractivity contribution < 1.29 is 14.3 Å². The first kappa shape index (κ1) is 22.1. The van der Waals surface area contributed by atoms with Crippen molar-refractivity contribution in [1.82, 2.24) is 0 Å². The third-order valence-corrected chi connectivity index (χ3v) is 7.86. The zero-order valence-corrected chi connectivity index (χ0v) is 19.5. The van der Waals surface area contributed by atoms with Crippen LogP contribution in [0.15, 0.2) is 36.4 Å². The predicted molar refractivity (Wildman–Crippen MR) is 126 cm³/mol. The number of benzene rings is 1. The minimum atomic E-state index is -0.259. The molecular weight excluding hydrogens is 406 g/mol. The predicted octanol–water partition coefficient (Wildman–Crippen LogP) is 6.03. The van der Waals surface area contributed by atoms with Gasteiger partial charge in [-0.25, -0.2) is 4.79 Å². The maximum atomic E-state index is 12.7. The second-order valence-electron chi connectivity index (χ2n) is 8.97. The van der Waals surface area contributed by atoms with Gasteiger partial charge < -0.3 is 9.64 Å². The van der Waals surface area contributed by atoms with Gasteiger partial charge in [0.05, 0.1) is 7.11 Å². The highest BCUT2D eigenvalue weighted by Gasteiger charge is 2.49. The Balaban J connectivity index is 1.35. The zero-order valence-electron chi connectivity index (χ0n) is 18.6. The number of thiophene rings is 1. The molecule has 2 fully saturated rings. The van der Waals surface area contributed by atoms with Gasteiger partial charge in [0.15, 0.2) is 0 Å². The van der Waals surface area contributed by atoms with Crippen molar-refractivity contribution in [2.75, 3.05) is 12.0 Å². The average Bonchev–Trinajstić information content (AvgIpc) is 3.18. The number of ether oxygens (including phenoxy) is 1. The summed E-state index contributed by atoms with van der Waals surface area (Å²) in [4.78, 5) is 28.4. The molecule has 1 saturated heterocycles. The summed E-state index contributed by atoms with van der Waals surface area (Å²) in [7, 11) is 1.42. The average molecular weight is 440 g/mol. The Kier molecular flexibility index (Phi) is 7.11. The summed E-state index contributed by atoms with van der Waals surface area (Å²) in [6.45, 7) is 2.24. The number of aryl methyl sites for hydroxylation is 1. The van der Waals surface area contributed by atoms with Gasteiger partial charge in [-0.15, -0.1) is 11.3 Å². The van der Waals surface area contributed by atoms with Crippen LogP contribution in [0.1, 0.15) is 72.0 Å². The Morgan fingerprint density at radius 3 is 2.68 bits per heavy atom. The number of unbranched alkanes of at least 4 members (excludes halogenated alkanes) is 3. The number of anilines is 1. The minimum absolute atomic E-state index is 0.259. The van der Waals surface area contributed by atoms with E-state index in [1.54, 1.807) is 0 Å². The van der Waals surface area contributed by atoms with E-state index in [1.807, 2.05) is 12.1 Å². The fourth-order valence-electron chi connectivity index (χ4n) is 4.96. The van der Waals surface area contributed by atoms with E-state index in [1.165, 1.54) is 54.6 Å². The van der Waals surface area contributed by atoms with E-state index in [0.29, 0.717) is 29.2 Å². The smallest absolute Gasteiger partial charge is 0.348 e. The largest absolute Gasteiger partial charge is 0.465 e. The maximum absolute atomic E-state index is 12.7. The fourth-order valence-corrected chi connectivity index (χ4v) is 5.98. The molecule has 1 amide bonds. The molecule has 0 radical (unpaired) electrons. The van der Waals surface area contributed by atoms with E-state index < -0.39 is 0 Å². The van der Waals surface area contributed by atoms with Gasteiger partial charge in [-0.3, -0.25) is 4.79 Å². The molecule has 5 heteroatoms. The van der Waals surface area contributed by atoms with Gasteiger partial charge in [-0.1, -0.05) is 38.3 Å². The highest BCUT2D eigenvalue weighted by atomic mass is 32.1. The van der Waals surface area contributed by atoms with Crippen molar-refractivity contribution in [3.63, 3.8) is 0 Å². The minimum Gasteiger partial charge on any atom is -0.465 e. The molecule has 2 aromatic rings. The van der Waals surface area contributed by atoms with Crippen LogP contribution in [0.25, 0.3) is 0 Å². The summed E-state index contributed by atoms with van der Waals surface area (Å²) >= 11 is 1.53. The summed E-state index contributed by atoms with van der Waals surface area (Å²) in [6.07, 6.45) is 9.98. The number of rotatable bonds is 10. The van der Waals surface area contributed by atoms with E-state index >= 15 is 0 Å². The molecule has 0 bridgehead atoms. The van der Waals surface area contributed by atoms with Crippen LogP contribution in [0.3, 0.4) is 0 Å². The summed E-state index contributed by atoms with van der Waals surface area (Å²) in [5, 5.41) is 0. The number of amides is 1.